The minimum atomic E-state index is -5.69. The highest BCUT2D eigenvalue weighted by Crippen LogP contribution is 2.70. The first-order chi connectivity index (χ1) is 22.4. The second-order valence-corrected chi connectivity index (χ2v) is 17.9. The second-order valence-electron chi connectivity index (χ2n) is 13.5. The first kappa shape index (κ1) is 34.3. The molecule has 4 aliphatic rings. The van der Waals surface area contributed by atoms with Gasteiger partial charge in [0, 0.05) is 14.7 Å². The van der Waals surface area contributed by atoms with E-state index < -0.39 is 69.0 Å². The van der Waals surface area contributed by atoms with Crippen molar-refractivity contribution in [2.75, 3.05) is 25.8 Å². The van der Waals surface area contributed by atoms with Gasteiger partial charge in [0.05, 0.1) is 11.0 Å². The number of halogens is 6. The lowest BCUT2D eigenvalue weighted by molar-refractivity contribution is -0.361. The second kappa shape index (κ2) is 12.7. The molecule has 256 valence electrons. The van der Waals surface area contributed by atoms with Gasteiger partial charge < -0.3 is 4.74 Å². The molecular formula is C35H38F6O4S2. The maximum absolute atomic E-state index is 15.7. The quantitative estimate of drug-likeness (QED) is 0.167. The monoisotopic (exact) mass is 700 g/mol. The van der Waals surface area contributed by atoms with Gasteiger partial charge in [0.2, 0.25) is 0 Å². The largest absolute Gasteiger partial charge is 0.419 e. The predicted molar refractivity (Wildman–Crippen MR) is 168 cm³/mol. The molecule has 0 spiro atoms. The fraction of sp³-hybridized carbons (Fsp3) is 0.486. The fourth-order valence-corrected chi connectivity index (χ4v) is 14.3. The van der Waals surface area contributed by atoms with Crippen LogP contribution in [0.1, 0.15) is 38.5 Å². The van der Waals surface area contributed by atoms with Crippen LogP contribution >= 0.6 is 10.3 Å². The van der Waals surface area contributed by atoms with E-state index in [1.54, 1.807) is 91.0 Å². The van der Waals surface area contributed by atoms with Crippen molar-refractivity contribution in [1.29, 1.82) is 0 Å². The highest BCUT2D eigenvalue weighted by atomic mass is 32.3. The van der Waals surface area contributed by atoms with Crippen molar-refractivity contribution < 1.29 is 43.1 Å². The van der Waals surface area contributed by atoms with E-state index in [2.05, 4.69) is 0 Å². The molecule has 0 N–H and O–H groups in total. The standard InChI is InChI=1S/C35H38F6O4S2/c36-22-32(23-37,24-38)34(35(39,40)41,44-33-19-26-16-27(20-33)18-28(17-26)21-33)25-46(42,43)45-47(29-10-4-1-5-11-29,30-12-6-2-7-13-30)31-14-8-3-9-15-31/h1-15,26-28H,16-25H2. The predicted octanol–water partition coefficient (Wildman–Crippen LogP) is 9.41. The zero-order valence-electron chi connectivity index (χ0n) is 25.7. The first-order valence-electron chi connectivity index (χ1n) is 15.7. The summed E-state index contributed by atoms with van der Waals surface area (Å²) < 4.78 is 133. The molecule has 4 bridgehead atoms. The van der Waals surface area contributed by atoms with Crippen molar-refractivity contribution in [1.82, 2.24) is 0 Å². The van der Waals surface area contributed by atoms with Gasteiger partial charge in [0.25, 0.3) is 10.1 Å². The maximum Gasteiger partial charge on any atom is 0.419 e. The van der Waals surface area contributed by atoms with E-state index in [0.717, 1.165) is 19.3 Å². The van der Waals surface area contributed by atoms with E-state index in [9.17, 15) is 21.6 Å². The van der Waals surface area contributed by atoms with Crippen LogP contribution in [-0.4, -0.2) is 51.6 Å². The minimum absolute atomic E-state index is 0.0434. The zero-order chi connectivity index (χ0) is 33.6. The highest BCUT2D eigenvalue weighted by molar-refractivity contribution is 8.33. The minimum Gasteiger partial charge on any atom is -0.357 e. The molecule has 3 aromatic rings. The summed E-state index contributed by atoms with van der Waals surface area (Å²) in [6.45, 7) is -6.39. The molecule has 47 heavy (non-hydrogen) atoms. The van der Waals surface area contributed by atoms with Gasteiger partial charge in [-0.1, -0.05) is 54.6 Å². The fourth-order valence-electron chi connectivity index (χ4n) is 8.48. The molecule has 1 unspecified atom stereocenters. The molecule has 0 aromatic heterocycles. The van der Waals surface area contributed by atoms with Crippen LogP contribution in [0.15, 0.2) is 106 Å². The molecule has 3 aromatic carbocycles. The molecule has 12 heteroatoms. The van der Waals surface area contributed by atoms with Crippen molar-refractivity contribution in [2.24, 2.45) is 23.2 Å². The molecule has 4 aliphatic carbocycles. The Morgan fingerprint density at radius 1 is 0.638 bits per heavy atom. The Hall–Kier alpha value is -2.54. The number of benzene rings is 3. The van der Waals surface area contributed by atoms with Crippen molar-refractivity contribution in [3.8, 4) is 0 Å². The van der Waals surface area contributed by atoms with Gasteiger partial charge in [-0.05, 0) is 103 Å². The Kier molecular flexibility index (Phi) is 9.30. The normalized spacial score (nSPS) is 26.2. The number of hydrogen-bond acceptors (Lipinski definition) is 4. The van der Waals surface area contributed by atoms with Crippen LogP contribution in [0.3, 0.4) is 0 Å². The molecule has 4 nitrogen and oxygen atoms in total. The summed E-state index contributed by atoms with van der Waals surface area (Å²) in [6, 6.07) is 24.7. The van der Waals surface area contributed by atoms with E-state index in [0.29, 0.717) is 14.7 Å². The SMILES string of the molecule is O=S(=O)(CC(OC12CC3CC(CC(C3)C1)C2)(C(F)(F)F)C(CF)(CF)CF)OS(c1ccccc1)(c1ccccc1)c1ccccc1. The topological polar surface area (TPSA) is 52.6 Å². The Balaban J connectivity index is 1.53. The summed E-state index contributed by atoms with van der Waals surface area (Å²) in [5, 5.41) is 0. The summed E-state index contributed by atoms with van der Waals surface area (Å²) in [5.41, 5.74) is -9.06. The Morgan fingerprint density at radius 3 is 1.32 bits per heavy atom. The summed E-state index contributed by atoms with van der Waals surface area (Å²) in [5.74, 6) is -1.89. The van der Waals surface area contributed by atoms with Crippen LogP contribution in [0.4, 0.5) is 26.3 Å². The van der Waals surface area contributed by atoms with Gasteiger partial charge in [0.1, 0.15) is 25.8 Å². The average Bonchev–Trinajstić information content (AvgIpc) is 3.04. The van der Waals surface area contributed by atoms with E-state index >= 15 is 13.2 Å². The van der Waals surface area contributed by atoms with Crippen molar-refractivity contribution in [3.05, 3.63) is 91.0 Å². The molecule has 4 saturated carbocycles. The maximum atomic E-state index is 15.7. The third-order valence-electron chi connectivity index (χ3n) is 10.3. The molecule has 1 atom stereocenters. The summed E-state index contributed by atoms with van der Waals surface area (Å²) in [7, 11) is -8.75. The zero-order valence-corrected chi connectivity index (χ0v) is 27.3. The van der Waals surface area contributed by atoms with Gasteiger partial charge >= 0.3 is 6.18 Å². The van der Waals surface area contributed by atoms with Crippen LogP contribution in [0.5, 0.6) is 0 Å². The van der Waals surface area contributed by atoms with E-state index in [1.165, 1.54) is 0 Å². The lowest BCUT2D eigenvalue weighted by Crippen LogP contribution is -2.70. The lowest BCUT2D eigenvalue weighted by atomic mass is 9.54. The Bertz CT molecular complexity index is 1480. The van der Waals surface area contributed by atoms with Crippen LogP contribution < -0.4 is 0 Å². The van der Waals surface area contributed by atoms with Gasteiger partial charge in [-0.15, -0.1) is 0 Å². The van der Waals surface area contributed by atoms with Gasteiger partial charge in [-0.25, -0.2) is 3.63 Å². The van der Waals surface area contributed by atoms with E-state index in [4.69, 9.17) is 8.37 Å². The molecule has 0 aliphatic heterocycles. The first-order valence-corrected chi connectivity index (χ1v) is 18.9. The Morgan fingerprint density at radius 2 is 1.00 bits per heavy atom. The molecule has 0 heterocycles. The van der Waals surface area contributed by atoms with Gasteiger partial charge in [0.15, 0.2) is 5.60 Å². The summed E-state index contributed by atoms with van der Waals surface area (Å²) in [4.78, 5) is 1.06. The molecular weight excluding hydrogens is 663 g/mol. The average molecular weight is 701 g/mol. The van der Waals surface area contributed by atoms with Gasteiger partial charge in [-0.3, -0.25) is 13.2 Å². The smallest absolute Gasteiger partial charge is 0.357 e. The van der Waals surface area contributed by atoms with Crippen molar-refractivity contribution in [3.63, 3.8) is 0 Å². The Labute approximate surface area is 273 Å². The molecule has 0 saturated heterocycles. The third kappa shape index (κ3) is 6.01. The van der Waals surface area contributed by atoms with Gasteiger partial charge in [-0.2, -0.15) is 21.6 Å². The number of ether oxygens (including phenoxy) is 1. The number of alkyl halides is 6. The molecule has 0 radical (unpaired) electrons. The molecule has 4 fully saturated rings. The molecule has 0 amide bonds. The van der Waals surface area contributed by atoms with Crippen molar-refractivity contribution >= 4 is 20.4 Å². The van der Waals surface area contributed by atoms with Crippen LogP contribution in [-0.2, 0) is 18.5 Å². The van der Waals surface area contributed by atoms with Crippen LogP contribution in [0.25, 0.3) is 0 Å². The van der Waals surface area contributed by atoms with Crippen LogP contribution in [0.2, 0.25) is 0 Å². The highest BCUT2D eigenvalue weighted by Gasteiger charge is 2.73. The third-order valence-corrected chi connectivity index (χ3v) is 15.5. The summed E-state index contributed by atoms with van der Waals surface area (Å²) in [6.07, 6.45) is -2.72. The lowest BCUT2D eigenvalue weighted by Gasteiger charge is -2.60. The number of rotatable bonds is 13. The summed E-state index contributed by atoms with van der Waals surface area (Å²) >= 11 is 0. The van der Waals surface area contributed by atoms with Crippen LogP contribution in [0, 0.1) is 23.2 Å². The number of hydrogen-bond donors (Lipinski definition) is 0. The molecule has 7 rings (SSSR count). The van der Waals surface area contributed by atoms with E-state index in [-0.39, 0.29) is 37.0 Å². The van der Waals surface area contributed by atoms with E-state index in [1.807, 2.05) is 0 Å². The van der Waals surface area contributed by atoms with Crippen molar-refractivity contribution in [2.45, 2.75) is 70.6 Å².